The van der Waals surface area contributed by atoms with Crippen molar-refractivity contribution in [3.8, 4) is 5.75 Å². The maximum atomic E-state index is 12.8. The minimum Gasteiger partial charge on any atom is -0.744 e. The van der Waals surface area contributed by atoms with Crippen molar-refractivity contribution in [2.24, 2.45) is 0 Å². The number of hydrogen-bond donors (Lipinski definition) is 1. The van der Waals surface area contributed by atoms with E-state index in [1.807, 2.05) is 0 Å². The molecular formula is C18H11N2Na3O13S3. The number of nitrogens with one attached hydrogen (secondary N) is 1. The number of carbonyl (C=O) groups excluding carboxylic acids is 1. The Hall–Kier alpha value is -0.680. The van der Waals surface area contributed by atoms with Gasteiger partial charge in [0, 0.05) is 22.4 Å². The molecule has 0 aliphatic carbocycles. The molecule has 15 nitrogen and oxygen atoms in total. The van der Waals surface area contributed by atoms with Gasteiger partial charge in [-0.3, -0.25) is 14.9 Å². The van der Waals surface area contributed by atoms with Crippen LogP contribution in [0, 0.1) is 10.1 Å². The Bertz CT molecular complexity index is 1780. The molecular weight excluding hydrogens is 617 g/mol. The van der Waals surface area contributed by atoms with Gasteiger partial charge in [0.05, 0.1) is 32.4 Å². The van der Waals surface area contributed by atoms with Gasteiger partial charge in [0.1, 0.15) is 30.4 Å². The van der Waals surface area contributed by atoms with Crippen molar-refractivity contribution in [2.45, 2.75) is 14.7 Å². The van der Waals surface area contributed by atoms with E-state index in [0.717, 1.165) is 31.4 Å². The number of methoxy groups -OCH3 is 1. The van der Waals surface area contributed by atoms with Crippen molar-refractivity contribution >= 4 is 58.4 Å². The van der Waals surface area contributed by atoms with E-state index in [1.54, 1.807) is 0 Å². The first-order chi connectivity index (χ1) is 16.4. The molecule has 1 amide bonds. The third-order valence-corrected chi connectivity index (χ3v) is 7.29. The number of fused-ring (bicyclic) bond motifs is 1. The van der Waals surface area contributed by atoms with E-state index in [2.05, 4.69) is 5.32 Å². The molecule has 0 unspecified atom stereocenters. The Morgan fingerprint density at radius 3 is 1.85 bits per heavy atom. The summed E-state index contributed by atoms with van der Waals surface area (Å²) in [7, 11) is -15.4. The first-order valence-electron chi connectivity index (χ1n) is 9.07. The molecule has 1 N–H and O–H groups in total. The number of benzene rings is 3. The summed E-state index contributed by atoms with van der Waals surface area (Å²) in [6.07, 6.45) is 0. The standard InChI is InChI=1S/C18H14N2O13S3.3Na/c1-33-14-4-2-9(6-13(14)20(22)23)18(21)19-12-3-5-15(35(27,28)29)11-7-10(34(24,25)26)8-16(17(11)12)36(30,31)32;;;/h2-8H,1H3,(H,19,21)(H,24,25,26)(H,27,28,29)(H,30,31,32);;;/q;3*+1/p-3. The Labute approximate surface area is 288 Å². The van der Waals surface area contributed by atoms with Crippen LogP contribution >= 0.6 is 0 Å². The van der Waals surface area contributed by atoms with Crippen molar-refractivity contribution in [3.05, 3.63) is 58.1 Å². The van der Waals surface area contributed by atoms with Crippen molar-refractivity contribution in [1.82, 2.24) is 0 Å². The van der Waals surface area contributed by atoms with E-state index in [9.17, 15) is 53.8 Å². The quantitative estimate of drug-likeness (QED) is 0.111. The zero-order chi connectivity index (χ0) is 27.2. The number of carbonyl (C=O) groups is 1. The number of anilines is 1. The van der Waals surface area contributed by atoms with Gasteiger partial charge in [0.25, 0.3) is 5.91 Å². The van der Waals surface area contributed by atoms with E-state index >= 15 is 0 Å². The van der Waals surface area contributed by atoms with Crippen molar-refractivity contribution in [1.29, 1.82) is 0 Å². The van der Waals surface area contributed by atoms with Crippen LogP contribution in [0.25, 0.3) is 10.8 Å². The number of amides is 1. The van der Waals surface area contributed by atoms with Gasteiger partial charge in [-0.25, -0.2) is 25.3 Å². The van der Waals surface area contributed by atoms with Crippen LogP contribution < -0.4 is 98.7 Å². The third-order valence-electron chi connectivity index (χ3n) is 4.73. The largest absolute Gasteiger partial charge is 1.00 e. The van der Waals surface area contributed by atoms with E-state index in [4.69, 9.17) is 4.74 Å². The third kappa shape index (κ3) is 8.66. The maximum Gasteiger partial charge on any atom is 1.00 e. The summed E-state index contributed by atoms with van der Waals surface area (Å²) in [6.45, 7) is 0. The number of rotatable bonds is 7. The smallest absolute Gasteiger partial charge is 0.744 e. The molecule has 0 aromatic heterocycles. The summed E-state index contributed by atoms with van der Waals surface area (Å²) < 4.78 is 110. The summed E-state index contributed by atoms with van der Waals surface area (Å²) in [4.78, 5) is 19.2. The van der Waals surface area contributed by atoms with Crippen LogP contribution in [0.4, 0.5) is 11.4 Å². The van der Waals surface area contributed by atoms with Crippen LogP contribution in [0.3, 0.4) is 0 Å². The molecule has 3 rings (SSSR count). The fraction of sp³-hybridized carbons (Fsp3) is 0.0556. The Morgan fingerprint density at radius 2 is 1.38 bits per heavy atom. The molecule has 0 atom stereocenters. The number of nitro groups is 1. The number of nitro benzene ring substituents is 1. The molecule has 0 heterocycles. The monoisotopic (exact) mass is 628 g/mol. The Balaban J connectivity index is 0.00000481. The van der Waals surface area contributed by atoms with E-state index in [-0.39, 0.29) is 106 Å². The molecule has 0 aliphatic heterocycles. The average molecular weight is 628 g/mol. The average Bonchev–Trinajstić information content (AvgIpc) is 2.75. The van der Waals surface area contributed by atoms with Gasteiger partial charge >= 0.3 is 94.4 Å². The number of nitrogens with zero attached hydrogens (tertiary/aromatic N) is 1. The molecule has 0 radical (unpaired) electrons. The summed E-state index contributed by atoms with van der Waals surface area (Å²) in [6, 6.07) is 4.82. The van der Waals surface area contributed by atoms with Gasteiger partial charge in [-0.1, -0.05) is 0 Å². The van der Waals surface area contributed by atoms with Crippen LogP contribution in [0.1, 0.15) is 10.4 Å². The van der Waals surface area contributed by atoms with Gasteiger partial charge in [-0.15, -0.1) is 0 Å². The van der Waals surface area contributed by atoms with Crippen molar-refractivity contribution in [3.63, 3.8) is 0 Å². The summed E-state index contributed by atoms with van der Waals surface area (Å²) in [5, 5.41) is 11.5. The second-order valence-corrected chi connectivity index (χ2v) is 11.0. The van der Waals surface area contributed by atoms with E-state index < -0.39 is 78.0 Å². The molecule has 192 valence electrons. The van der Waals surface area contributed by atoms with Gasteiger partial charge in [-0.05, 0) is 36.4 Å². The molecule has 0 spiro atoms. The minimum absolute atomic E-state index is 0. The minimum atomic E-state index is -5.63. The zero-order valence-corrected chi connectivity index (χ0v) is 29.0. The fourth-order valence-corrected chi connectivity index (χ4v) is 5.23. The van der Waals surface area contributed by atoms with Crippen LogP contribution in [0.5, 0.6) is 5.75 Å². The van der Waals surface area contributed by atoms with Crippen LogP contribution in [-0.2, 0) is 30.4 Å². The predicted octanol–water partition coefficient (Wildman–Crippen LogP) is -8.27. The normalized spacial score (nSPS) is 11.4. The predicted molar refractivity (Wildman–Crippen MR) is 115 cm³/mol. The van der Waals surface area contributed by atoms with Crippen LogP contribution in [-0.4, -0.2) is 56.9 Å². The molecule has 21 heteroatoms. The summed E-state index contributed by atoms with van der Waals surface area (Å²) in [5.74, 6) is -1.31. The van der Waals surface area contributed by atoms with Crippen molar-refractivity contribution in [2.75, 3.05) is 12.4 Å². The molecule has 0 saturated carbocycles. The van der Waals surface area contributed by atoms with Crippen LogP contribution in [0.2, 0.25) is 0 Å². The van der Waals surface area contributed by atoms with Crippen LogP contribution in [0.15, 0.2) is 57.2 Å². The van der Waals surface area contributed by atoms with E-state index in [0.29, 0.717) is 12.1 Å². The zero-order valence-electron chi connectivity index (χ0n) is 20.5. The first kappa shape index (κ1) is 38.3. The van der Waals surface area contributed by atoms with Gasteiger partial charge in [0.15, 0.2) is 5.75 Å². The second kappa shape index (κ2) is 14.0. The Kier molecular flexibility index (Phi) is 13.7. The number of hydrogen-bond acceptors (Lipinski definition) is 13. The maximum absolute atomic E-state index is 12.8. The molecule has 0 bridgehead atoms. The van der Waals surface area contributed by atoms with E-state index in [1.165, 1.54) is 0 Å². The first-order valence-corrected chi connectivity index (χ1v) is 13.3. The van der Waals surface area contributed by atoms with Gasteiger partial charge < -0.3 is 23.7 Å². The van der Waals surface area contributed by atoms with Gasteiger partial charge in [0.2, 0.25) is 0 Å². The molecule has 0 fully saturated rings. The molecule has 0 saturated heterocycles. The molecule has 3 aromatic rings. The summed E-state index contributed by atoms with van der Waals surface area (Å²) >= 11 is 0. The van der Waals surface area contributed by atoms with Crippen molar-refractivity contribution < 1.29 is 142 Å². The molecule has 3 aromatic carbocycles. The summed E-state index contributed by atoms with van der Waals surface area (Å²) in [5.41, 5.74) is -1.57. The Morgan fingerprint density at radius 1 is 0.821 bits per heavy atom. The fourth-order valence-electron chi connectivity index (χ4n) is 3.23. The van der Waals surface area contributed by atoms with Gasteiger partial charge in [-0.2, -0.15) is 0 Å². The topological polar surface area (TPSA) is 253 Å². The molecule has 39 heavy (non-hydrogen) atoms. The molecule has 0 aliphatic rings. The SMILES string of the molecule is COc1ccc(C(=O)Nc2ccc(S(=O)(=O)[O-])c3cc(S(=O)(=O)[O-])cc(S(=O)(=O)[O-])c23)cc1[N+](=O)[O-].[Na+].[Na+].[Na+]. The second-order valence-electron chi connectivity index (χ2n) is 6.92. The number of ether oxygens (including phenoxy) is 1.